The van der Waals surface area contributed by atoms with Crippen LogP contribution in [-0.4, -0.2) is 73.7 Å². The molecule has 0 bridgehead atoms. The van der Waals surface area contributed by atoms with E-state index in [0.29, 0.717) is 44.5 Å². The van der Waals surface area contributed by atoms with Crippen molar-refractivity contribution in [2.45, 2.75) is 25.4 Å². The number of alkyl halides is 2. The summed E-state index contributed by atoms with van der Waals surface area (Å²) < 4.78 is 83.6. The highest BCUT2D eigenvalue weighted by atomic mass is 32.2. The van der Waals surface area contributed by atoms with Gasteiger partial charge in [0.05, 0.1) is 29.9 Å². The molecular formula is C30H25F4N9O2S. The Morgan fingerprint density at radius 2 is 1.85 bits per heavy atom. The Morgan fingerprint density at radius 3 is 2.63 bits per heavy atom. The lowest BCUT2D eigenvalue weighted by Gasteiger charge is -2.15. The number of aromatic amines is 2. The number of likely N-dealkylation sites (tertiary alicyclic amines) is 1. The van der Waals surface area contributed by atoms with E-state index < -0.39 is 27.6 Å². The molecule has 236 valence electrons. The molecule has 0 atom stereocenters. The Balaban J connectivity index is 1.25. The molecule has 16 heteroatoms. The molecule has 11 nitrogen and oxygen atoms in total. The number of rotatable bonds is 8. The monoisotopic (exact) mass is 651 g/mol. The Morgan fingerprint density at radius 1 is 1.02 bits per heavy atom. The highest BCUT2D eigenvalue weighted by Crippen LogP contribution is 2.35. The van der Waals surface area contributed by atoms with Gasteiger partial charge in [0.15, 0.2) is 17.3 Å². The van der Waals surface area contributed by atoms with Gasteiger partial charge in [-0.3, -0.25) is 20.0 Å². The van der Waals surface area contributed by atoms with E-state index in [4.69, 9.17) is 0 Å². The molecule has 0 unspecified atom stereocenters. The Hall–Kier alpha value is -4.80. The number of imidazole rings is 1. The summed E-state index contributed by atoms with van der Waals surface area (Å²) in [5, 5.41) is 7.17. The first-order chi connectivity index (χ1) is 21.9. The zero-order valence-electron chi connectivity index (χ0n) is 24.2. The third kappa shape index (κ3) is 5.93. The number of nitrogens with one attached hydrogen (secondary N) is 3. The minimum Gasteiger partial charge on any atom is -0.321 e. The van der Waals surface area contributed by atoms with E-state index in [1.807, 2.05) is 0 Å². The molecule has 46 heavy (non-hydrogen) atoms. The zero-order valence-corrected chi connectivity index (χ0v) is 25.0. The molecule has 1 aliphatic rings. The molecule has 0 spiro atoms. The van der Waals surface area contributed by atoms with Crippen LogP contribution in [-0.2, 0) is 23.1 Å². The van der Waals surface area contributed by atoms with E-state index in [2.05, 4.69) is 39.8 Å². The molecule has 6 aromatic rings. The van der Waals surface area contributed by atoms with Gasteiger partial charge >= 0.3 is 0 Å². The van der Waals surface area contributed by atoms with Crippen LogP contribution in [0.2, 0.25) is 0 Å². The summed E-state index contributed by atoms with van der Waals surface area (Å²) in [7, 11) is -3.50. The topological polar surface area (TPSA) is 145 Å². The average Bonchev–Trinajstić information content (AvgIpc) is 3.72. The van der Waals surface area contributed by atoms with E-state index in [9.17, 15) is 21.6 Å². The first-order valence-electron chi connectivity index (χ1n) is 14.1. The molecule has 0 saturated carbocycles. The van der Waals surface area contributed by atoms with E-state index >= 15 is 4.39 Å². The maximum absolute atomic E-state index is 16.2. The van der Waals surface area contributed by atoms with Crippen LogP contribution in [0, 0.1) is 11.6 Å². The number of halogens is 4. The van der Waals surface area contributed by atoms with Gasteiger partial charge < -0.3 is 4.98 Å². The zero-order chi connectivity index (χ0) is 32.2. The molecular weight excluding hydrogens is 626 g/mol. The number of fused-ring (bicyclic) bond motifs is 2. The summed E-state index contributed by atoms with van der Waals surface area (Å²) in [6.45, 7) is 0.0454. The van der Waals surface area contributed by atoms with Gasteiger partial charge in [-0.05, 0) is 47.0 Å². The number of nitrogens with zero attached hydrogens (tertiary/aromatic N) is 6. The summed E-state index contributed by atoms with van der Waals surface area (Å²) in [4.78, 5) is 22.2. The molecule has 5 aromatic heterocycles. The fourth-order valence-electron chi connectivity index (χ4n) is 5.63. The number of sulfonamides is 1. The number of pyridine rings is 3. The lowest BCUT2D eigenvalue weighted by Crippen LogP contribution is -2.24. The van der Waals surface area contributed by atoms with Gasteiger partial charge in [0, 0.05) is 55.8 Å². The van der Waals surface area contributed by atoms with Crippen molar-refractivity contribution in [3.8, 4) is 33.9 Å². The average molecular weight is 652 g/mol. The summed E-state index contributed by atoms with van der Waals surface area (Å²) >= 11 is 0. The van der Waals surface area contributed by atoms with Crippen molar-refractivity contribution in [2.24, 2.45) is 0 Å². The normalized spacial score (nSPS) is 15.3. The maximum Gasteiger partial charge on any atom is 0.261 e. The minimum absolute atomic E-state index is 0.00108. The van der Waals surface area contributed by atoms with Crippen molar-refractivity contribution in [1.29, 1.82) is 0 Å². The number of hydrogen-bond acceptors (Lipinski definition) is 8. The number of H-pyrrole nitrogens is 2. The van der Waals surface area contributed by atoms with Crippen LogP contribution < -0.4 is 4.72 Å². The Kier molecular flexibility index (Phi) is 7.29. The standard InChI is InChI=1S/C30H25F4N9O2S/c1-46(44,45)38-11-16-6-18(9-20(31)8-16)21-2-4-36-28-26(21)39-29(40-28)27-23-22(41-42-27)13-37-25(24(23)32)19-7-17(10-35-12-19)14-43-5-3-30(33,34)15-43/h2,4,6-10,12-13,38H,3,5,11,14-15H2,1H3,(H,41,42)(H,36,39,40). The second-order valence-electron chi connectivity index (χ2n) is 11.3. The minimum atomic E-state index is -3.50. The Bertz CT molecular complexity index is 2240. The van der Waals surface area contributed by atoms with Crippen LogP contribution in [0.15, 0.2) is 55.1 Å². The second-order valence-corrected chi connectivity index (χ2v) is 13.1. The Labute approximate surface area is 259 Å². The predicted octanol–water partition coefficient (Wildman–Crippen LogP) is 4.79. The number of hydrogen-bond donors (Lipinski definition) is 3. The van der Waals surface area contributed by atoms with Crippen molar-refractivity contribution in [2.75, 3.05) is 19.3 Å². The third-order valence-electron chi connectivity index (χ3n) is 7.68. The van der Waals surface area contributed by atoms with Gasteiger partial charge in [0.25, 0.3) is 5.92 Å². The first-order valence-corrected chi connectivity index (χ1v) is 16.0. The lowest BCUT2D eigenvalue weighted by molar-refractivity contribution is 0.0115. The third-order valence-corrected chi connectivity index (χ3v) is 8.35. The van der Waals surface area contributed by atoms with Crippen LogP contribution in [0.4, 0.5) is 17.6 Å². The van der Waals surface area contributed by atoms with Crippen molar-refractivity contribution in [3.05, 3.63) is 77.9 Å². The molecule has 7 rings (SSSR count). The quantitative estimate of drug-likeness (QED) is 0.199. The van der Waals surface area contributed by atoms with Crippen molar-refractivity contribution in [1.82, 2.24) is 44.7 Å². The molecule has 1 saturated heterocycles. The van der Waals surface area contributed by atoms with Gasteiger partial charge in [-0.2, -0.15) is 5.10 Å². The van der Waals surface area contributed by atoms with Crippen LogP contribution in [0.25, 0.3) is 56.0 Å². The molecule has 1 fully saturated rings. The fourth-order valence-corrected chi connectivity index (χ4v) is 6.06. The molecule has 1 aromatic carbocycles. The largest absolute Gasteiger partial charge is 0.321 e. The van der Waals surface area contributed by atoms with Gasteiger partial charge in [-0.25, -0.2) is 40.7 Å². The molecule has 1 aliphatic heterocycles. The summed E-state index contributed by atoms with van der Waals surface area (Å²) in [5.74, 6) is -3.79. The molecule has 0 aliphatic carbocycles. The second kappa shape index (κ2) is 11.2. The van der Waals surface area contributed by atoms with E-state index in [1.54, 1.807) is 29.3 Å². The highest BCUT2D eigenvalue weighted by molar-refractivity contribution is 7.88. The number of benzene rings is 1. The summed E-state index contributed by atoms with van der Waals surface area (Å²) in [5.41, 5.74) is 3.52. The van der Waals surface area contributed by atoms with Crippen LogP contribution in [0.3, 0.4) is 0 Å². The number of aromatic nitrogens is 7. The van der Waals surface area contributed by atoms with Crippen molar-refractivity contribution in [3.63, 3.8) is 0 Å². The van der Waals surface area contributed by atoms with E-state index in [0.717, 1.165) is 6.26 Å². The fraction of sp³-hybridized carbons (Fsp3) is 0.233. The van der Waals surface area contributed by atoms with Gasteiger partial charge in [-0.15, -0.1) is 0 Å². The first kappa shape index (κ1) is 29.9. The van der Waals surface area contributed by atoms with Crippen LogP contribution >= 0.6 is 0 Å². The van der Waals surface area contributed by atoms with Crippen molar-refractivity contribution >= 4 is 32.1 Å². The molecule has 6 heterocycles. The van der Waals surface area contributed by atoms with Crippen LogP contribution in [0.1, 0.15) is 17.5 Å². The smallest absolute Gasteiger partial charge is 0.261 e. The maximum atomic E-state index is 16.2. The summed E-state index contributed by atoms with van der Waals surface area (Å²) in [6.07, 6.45) is 6.76. The highest BCUT2D eigenvalue weighted by Gasteiger charge is 2.38. The summed E-state index contributed by atoms with van der Waals surface area (Å²) in [6, 6.07) is 7.49. The molecule has 0 radical (unpaired) electrons. The van der Waals surface area contributed by atoms with E-state index in [1.165, 1.54) is 30.7 Å². The van der Waals surface area contributed by atoms with E-state index in [-0.39, 0.29) is 55.2 Å². The van der Waals surface area contributed by atoms with Crippen LogP contribution in [0.5, 0.6) is 0 Å². The molecule has 3 N–H and O–H groups in total. The SMILES string of the molecule is CS(=O)(=O)NCc1cc(F)cc(-c2ccnc3[nH]c(-c4n[nH]c5cnc(-c6cncc(CN7CCC(F)(F)C7)c6)c(F)c45)nc23)c1. The predicted molar refractivity (Wildman–Crippen MR) is 162 cm³/mol. The van der Waals surface area contributed by atoms with Gasteiger partial charge in [0.2, 0.25) is 10.0 Å². The molecule has 0 amide bonds. The van der Waals surface area contributed by atoms with Crippen molar-refractivity contribution < 1.29 is 26.0 Å². The van der Waals surface area contributed by atoms with Gasteiger partial charge in [0.1, 0.15) is 22.7 Å². The lowest BCUT2D eigenvalue weighted by atomic mass is 10.0. The van der Waals surface area contributed by atoms with Gasteiger partial charge in [-0.1, -0.05) is 0 Å².